The number of methoxy groups -OCH3 is 2. The van der Waals surface area contributed by atoms with E-state index in [-0.39, 0.29) is 17.2 Å². The standard InChI is InChI=1S/C14H19NO6S/c1-20-11-5-6-12(21-2)13(8-11)22(18,19)15-7-3-4-10(9-15)14(16)17/h5-6,8,10H,3-4,7,9H2,1-2H3,(H,16,17). The van der Waals surface area contributed by atoms with Crippen LogP contribution in [0.25, 0.3) is 0 Å². The van der Waals surface area contributed by atoms with Gasteiger partial charge in [0.15, 0.2) is 0 Å². The zero-order valence-corrected chi connectivity index (χ0v) is 13.3. The monoisotopic (exact) mass is 329 g/mol. The maximum Gasteiger partial charge on any atom is 0.307 e. The van der Waals surface area contributed by atoms with Crippen LogP contribution in [0.5, 0.6) is 11.5 Å². The molecular formula is C14H19NO6S. The van der Waals surface area contributed by atoms with Gasteiger partial charge in [-0.3, -0.25) is 4.79 Å². The lowest BCUT2D eigenvalue weighted by molar-refractivity contribution is -0.142. The Balaban J connectivity index is 2.39. The molecule has 7 nitrogen and oxygen atoms in total. The second kappa shape index (κ2) is 6.53. The highest BCUT2D eigenvalue weighted by Crippen LogP contribution is 2.32. The molecule has 122 valence electrons. The number of aliphatic carboxylic acids is 1. The Kier molecular flexibility index (Phi) is 4.92. The number of piperidine rings is 1. The summed E-state index contributed by atoms with van der Waals surface area (Å²) in [5, 5.41) is 9.11. The highest BCUT2D eigenvalue weighted by Gasteiger charge is 2.35. The first-order chi connectivity index (χ1) is 10.4. The number of carbonyl (C=O) groups is 1. The minimum Gasteiger partial charge on any atom is -0.497 e. The maximum absolute atomic E-state index is 12.8. The number of benzene rings is 1. The molecule has 1 aromatic carbocycles. The van der Waals surface area contributed by atoms with Crippen molar-refractivity contribution in [1.82, 2.24) is 4.31 Å². The number of hydrogen-bond acceptors (Lipinski definition) is 5. The Morgan fingerprint density at radius 2 is 2.05 bits per heavy atom. The van der Waals surface area contributed by atoms with Crippen LogP contribution in [0.4, 0.5) is 0 Å². The molecule has 2 rings (SSSR count). The molecule has 1 aliphatic rings. The summed E-state index contributed by atoms with van der Waals surface area (Å²) >= 11 is 0. The van der Waals surface area contributed by atoms with Gasteiger partial charge in [-0.05, 0) is 25.0 Å². The van der Waals surface area contributed by atoms with Crippen LogP contribution in [0.3, 0.4) is 0 Å². The molecule has 1 heterocycles. The normalized spacial score (nSPS) is 19.6. The number of sulfonamides is 1. The molecule has 1 aliphatic heterocycles. The largest absolute Gasteiger partial charge is 0.497 e. The smallest absolute Gasteiger partial charge is 0.307 e. The van der Waals surface area contributed by atoms with Gasteiger partial charge in [-0.25, -0.2) is 8.42 Å². The average molecular weight is 329 g/mol. The number of nitrogens with zero attached hydrogens (tertiary/aromatic N) is 1. The van der Waals surface area contributed by atoms with E-state index in [1.807, 2.05) is 0 Å². The molecule has 1 unspecified atom stereocenters. The van der Waals surface area contributed by atoms with Crippen molar-refractivity contribution in [2.45, 2.75) is 17.7 Å². The van der Waals surface area contributed by atoms with Crippen LogP contribution in [0, 0.1) is 5.92 Å². The molecule has 1 fully saturated rings. The lowest BCUT2D eigenvalue weighted by Crippen LogP contribution is -2.42. The van der Waals surface area contributed by atoms with Crippen LogP contribution in [-0.2, 0) is 14.8 Å². The zero-order chi connectivity index (χ0) is 16.3. The molecule has 0 aromatic heterocycles. The number of hydrogen-bond donors (Lipinski definition) is 1. The van der Waals surface area contributed by atoms with E-state index in [1.165, 1.54) is 30.7 Å². The third-order valence-electron chi connectivity index (χ3n) is 3.72. The van der Waals surface area contributed by atoms with Gasteiger partial charge in [0.2, 0.25) is 10.0 Å². The quantitative estimate of drug-likeness (QED) is 0.872. The molecule has 0 bridgehead atoms. The van der Waals surface area contributed by atoms with Crippen molar-refractivity contribution >= 4 is 16.0 Å². The van der Waals surface area contributed by atoms with Gasteiger partial charge in [0.05, 0.1) is 20.1 Å². The van der Waals surface area contributed by atoms with E-state index in [0.29, 0.717) is 25.1 Å². The first-order valence-corrected chi connectivity index (χ1v) is 8.29. The molecule has 1 saturated heterocycles. The van der Waals surface area contributed by atoms with E-state index >= 15 is 0 Å². The van der Waals surface area contributed by atoms with Gasteiger partial charge in [-0.1, -0.05) is 0 Å². The first-order valence-electron chi connectivity index (χ1n) is 6.85. The van der Waals surface area contributed by atoms with Crippen molar-refractivity contribution in [3.8, 4) is 11.5 Å². The number of rotatable bonds is 5. The molecule has 0 radical (unpaired) electrons. The van der Waals surface area contributed by atoms with Gasteiger partial charge >= 0.3 is 5.97 Å². The SMILES string of the molecule is COc1ccc(OC)c(S(=O)(=O)N2CCCC(C(=O)O)C2)c1. The summed E-state index contributed by atoms with van der Waals surface area (Å²) in [5.74, 6) is -1.05. The summed E-state index contributed by atoms with van der Waals surface area (Å²) in [5.41, 5.74) is 0. The number of ether oxygens (including phenoxy) is 2. The van der Waals surface area contributed by atoms with E-state index in [9.17, 15) is 13.2 Å². The van der Waals surface area contributed by atoms with E-state index in [1.54, 1.807) is 6.07 Å². The molecule has 0 aliphatic carbocycles. The van der Waals surface area contributed by atoms with E-state index in [0.717, 1.165) is 0 Å². The molecular weight excluding hydrogens is 310 g/mol. The Morgan fingerprint density at radius 1 is 1.32 bits per heavy atom. The van der Waals surface area contributed by atoms with Gasteiger partial charge < -0.3 is 14.6 Å². The lowest BCUT2D eigenvalue weighted by Gasteiger charge is -2.30. The number of carboxylic acid groups (broad SMARTS) is 1. The molecule has 0 saturated carbocycles. The van der Waals surface area contributed by atoms with Crippen molar-refractivity contribution in [3.63, 3.8) is 0 Å². The van der Waals surface area contributed by atoms with E-state index in [4.69, 9.17) is 14.6 Å². The van der Waals surface area contributed by atoms with Crippen molar-refractivity contribution < 1.29 is 27.8 Å². The predicted octanol–water partition coefficient (Wildman–Crippen LogP) is 1.19. The lowest BCUT2D eigenvalue weighted by atomic mass is 10.0. The predicted molar refractivity (Wildman–Crippen MR) is 78.7 cm³/mol. The molecule has 8 heteroatoms. The second-order valence-electron chi connectivity index (χ2n) is 5.06. The summed E-state index contributed by atoms with van der Waals surface area (Å²) in [4.78, 5) is 11.1. The second-order valence-corrected chi connectivity index (χ2v) is 6.96. The fourth-order valence-corrected chi connectivity index (χ4v) is 4.18. The average Bonchev–Trinajstić information content (AvgIpc) is 2.54. The van der Waals surface area contributed by atoms with Gasteiger partial charge in [0.1, 0.15) is 16.4 Å². The molecule has 0 amide bonds. The molecule has 1 aromatic rings. The Hall–Kier alpha value is -1.80. The minimum absolute atomic E-state index is 0.0135. The molecule has 22 heavy (non-hydrogen) atoms. The Morgan fingerprint density at radius 3 is 2.64 bits per heavy atom. The zero-order valence-electron chi connectivity index (χ0n) is 12.5. The van der Waals surface area contributed by atoms with Crippen molar-refractivity contribution in [1.29, 1.82) is 0 Å². The van der Waals surface area contributed by atoms with Crippen LogP contribution >= 0.6 is 0 Å². The van der Waals surface area contributed by atoms with E-state index in [2.05, 4.69) is 0 Å². The summed E-state index contributed by atoms with van der Waals surface area (Å²) in [7, 11) is -1.01. The first kappa shape index (κ1) is 16.6. The highest BCUT2D eigenvalue weighted by molar-refractivity contribution is 7.89. The fourth-order valence-electron chi connectivity index (χ4n) is 2.49. The third-order valence-corrected chi connectivity index (χ3v) is 5.61. The number of carboxylic acids is 1. The summed E-state index contributed by atoms with van der Waals surface area (Å²) in [6, 6.07) is 4.51. The van der Waals surface area contributed by atoms with Gasteiger partial charge in [0.25, 0.3) is 0 Å². The minimum atomic E-state index is -3.84. The Labute approximate surface area is 129 Å². The maximum atomic E-state index is 12.8. The molecule has 1 N–H and O–H groups in total. The van der Waals surface area contributed by atoms with Gasteiger partial charge in [0, 0.05) is 19.2 Å². The molecule has 1 atom stereocenters. The molecule has 0 spiro atoms. The van der Waals surface area contributed by atoms with Crippen molar-refractivity contribution in [3.05, 3.63) is 18.2 Å². The van der Waals surface area contributed by atoms with Gasteiger partial charge in [-0.15, -0.1) is 0 Å². The Bertz CT molecular complexity index is 657. The van der Waals surface area contributed by atoms with E-state index < -0.39 is 21.9 Å². The summed E-state index contributed by atoms with van der Waals surface area (Å²) in [6.45, 7) is 0.268. The third kappa shape index (κ3) is 3.17. The van der Waals surface area contributed by atoms with Crippen LogP contribution in [-0.4, -0.2) is 51.1 Å². The van der Waals surface area contributed by atoms with Crippen molar-refractivity contribution in [2.75, 3.05) is 27.3 Å². The summed E-state index contributed by atoms with van der Waals surface area (Å²) in [6.07, 6.45) is 0.999. The van der Waals surface area contributed by atoms with Crippen LogP contribution in [0.15, 0.2) is 23.1 Å². The summed E-state index contributed by atoms with van der Waals surface area (Å²) < 4.78 is 37.0. The highest BCUT2D eigenvalue weighted by atomic mass is 32.2. The van der Waals surface area contributed by atoms with Crippen LogP contribution in [0.1, 0.15) is 12.8 Å². The van der Waals surface area contributed by atoms with Crippen LogP contribution in [0.2, 0.25) is 0 Å². The van der Waals surface area contributed by atoms with Crippen molar-refractivity contribution in [2.24, 2.45) is 5.92 Å². The fraction of sp³-hybridized carbons (Fsp3) is 0.500. The van der Waals surface area contributed by atoms with Crippen LogP contribution < -0.4 is 9.47 Å². The van der Waals surface area contributed by atoms with Gasteiger partial charge in [-0.2, -0.15) is 4.31 Å². The topological polar surface area (TPSA) is 93.1 Å².